The summed E-state index contributed by atoms with van der Waals surface area (Å²) in [6, 6.07) is 3.54. The van der Waals surface area contributed by atoms with E-state index < -0.39 is 0 Å². The van der Waals surface area contributed by atoms with Gasteiger partial charge in [0.25, 0.3) is 5.91 Å². The molecule has 0 unspecified atom stereocenters. The van der Waals surface area contributed by atoms with E-state index in [1.165, 1.54) is 0 Å². The third kappa shape index (κ3) is 2.33. The monoisotopic (exact) mass is 325 g/mol. The number of fused-ring (bicyclic) bond motifs is 1. The van der Waals surface area contributed by atoms with E-state index in [-0.39, 0.29) is 5.91 Å². The van der Waals surface area contributed by atoms with Crippen LogP contribution < -0.4 is 10.1 Å². The lowest BCUT2D eigenvalue weighted by Crippen LogP contribution is -2.15. The minimum atomic E-state index is -0.205. The second kappa shape index (κ2) is 5.36. The zero-order chi connectivity index (χ0) is 16.8. The molecule has 7 heteroatoms. The molecule has 0 spiro atoms. The zero-order valence-electron chi connectivity index (χ0n) is 13.9. The van der Waals surface area contributed by atoms with Gasteiger partial charge in [0, 0.05) is 13.0 Å². The van der Waals surface area contributed by atoms with Crippen LogP contribution in [0, 0.1) is 6.92 Å². The number of benzene rings is 1. The second-order valence-corrected chi connectivity index (χ2v) is 6.18. The molecule has 1 amide bonds. The number of rotatable bonds is 4. The number of imidazole rings is 2. The Balaban J connectivity index is 1.77. The van der Waals surface area contributed by atoms with Crippen LogP contribution in [0.3, 0.4) is 0 Å². The molecule has 4 rings (SSSR count). The van der Waals surface area contributed by atoms with Gasteiger partial charge in [0.05, 0.1) is 24.7 Å². The Morgan fingerprint density at radius 3 is 2.83 bits per heavy atom. The predicted octanol–water partition coefficient (Wildman–Crippen LogP) is 2.74. The number of carbonyl (C=O) groups is 1. The molecular formula is C17H19N5O2. The lowest BCUT2D eigenvalue weighted by Gasteiger charge is -2.08. The molecule has 1 fully saturated rings. The Morgan fingerprint density at radius 2 is 2.21 bits per heavy atom. The van der Waals surface area contributed by atoms with Gasteiger partial charge in [0.1, 0.15) is 28.4 Å². The molecule has 2 N–H and O–H groups in total. The summed E-state index contributed by atoms with van der Waals surface area (Å²) in [7, 11) is 3.46. The lowest BCUT2D eigenvalue weighted by molar-refractivity contribution is 0.102. The number of anilines is 1. The number of hydrogen-bond donors (Lipinski definition) is 2. The Kier molecular flexibility index (Phi) is 3.30. The Labute approximate surface area is 139 Å². The van der Waals surface area contributed by atoms with Crippen molar-refractivity contribution < 1.29 is 9.53 Å². The molecule has 124 valence electrons. The highest BCUT2D eigenvalue weighted by Crippen LogP contribution is 2.40. The summed E-state index contributed by atoms with van der Waals surface area (Å²) < 4.78 is 7.19. The van der Waals surface area contributed by atoms with Gasteiger partial charge in [-0.1, -0.05) is 0 Å². The first-order valence-electron chi connectivity index (χ1n) is 7.94. The van der Waals surface area contributed by atoms with E-state index in [1.54, 1.807) is 30.1 Å². The summed E-state index contributed by atoms with van der Waals surface area (Å²) in [5.74, 6) is 2.57. The van der Waals surface area contributed by atoms with Gasteiger partial charge in [-0.15, -0.1) is 0 Å². The Morgan fingerprint density at radius 1 is 1.42 bits per heavy atom. The van der Waals surface area contributed by atoms with E-state index in [9.17, 15) is 4.79 Å². The molecule has 3 aromatic rings. The summed E-state index contributed by atoms with van der Waals surface area (Å²) in [6.07, 6.45) is 3.95. The summed E-state index contributed by atoms with van der Waals surface area (Å²) in [5, 5.41) is 2.93. The van der Waals surface area contributed by atoms with Gasteiger partial charge < -0.3 is 19.6 Å². The molecule has 1 aliphatic rings. The second-order valence-electron chi connectivity index (χ2n) is 6.18. The standard InChI is InChI=1S/C17H19N5O2/c1-9-16(22(2)8-18-9)21-17(23)11-6-7-12(24-3)14-13(11)19-15(20-14)10-4-5-10/h6-8,10H,4-5H2,1-3H3,(H,19,20)(H,21,23). The number of aromatic amines is 1. The van der Waals surface area contributed by atoms with Crippen LogP contribution in [0.4, 0.5) is 5.82 Å². The summed E-state index contributed by atoms with van der Waals surface area (Å²) in [5.41, 5.74) is 2.72. The number of nitrogens with zero attached hydrogens (tertiary/aromatic N) is 3. The molecule has 7 nitrogen and oxygen atoms in total. The van der Waals surface area contributed by atoms with Gasteiger partial charge >= 0.3 is 0 Å². The number of nitrogens with one attached hydrogen (secondary N) is 2. The van der Waals surface area contributed by atoms with Crippen molar-refractivity contribution in [2.45, 2.75) is 25.7 Å². The van der Waals surface area contributed by atoms with Crippen molar-refractivity contribution in [3.05, 3.63) is 35.5 Å². The first kappa shape index (κ1) is 14.7. The van der Waals surface area contributed by atoms with Crippen LogP contribution >= 0.6 is 0 Å². The van der Waals surface area contributed by atoms with Gasteiger partial charge in [0.15, 0.2) is 0 Å². The Hall–Kier alpha value is -2.83. The van der Waals surface area contributed by atoms with Gasteiger partial charge in [-0.3, -0.25) is 4.79 Å². The molecular weight excluding hydrogens is 306 g/mol. The molecule has 0 aliphatic heterocycles. The SMILES string of the molecule is COc1ccc(C(=O)Nc2c(C)ncn2C)c2nc(C3CC3)[nH]c12. The van der Waals surface area contributed by atoms with Gasteiger partial charge in [-0.25, -0.2) is 9.97 Å². The van der Waals surface area contributed by atoms with Crippen molar-refractivity contribution in [3.8, 4) is 5.75 Å². The highest BCUT2D eigenvalue weighted by atomic mass is 16.5. The van der Waals surface area contributed by atoms with Crippen LogP contribution in [0.5, 0.6) is 5.75 Å². The van der Waals surface area contributed by atoms with Crippen molar-refractivity contribution in [3.63, 3.8) is 0 Å². The molecule has 1 aromatic carbocycles. The molecule has 0 saturated heterocycles. The quantitative estimate of drug-likeness (QED) is 0.772. The molecule has 1 aliphatic carbocycles. The average molecular weight is 325 g/mol. The number of aromatic nitrogens is 4. The van der Waals surface area contributed by atoms with Crippen LogP contribution in [0.1, 0.15) is 40.6 Å². The van der Waals surface area contributed by atoms with Crippen molar-refractivity contribution >= 4 is 22.8 Å². The van der Waals surface area contributed by atoms with Crippen LogP contribution in [-0.4, -0.2) is 32.5 Å². The molecule has 24 heavy (non-hydrogen) atoms. The van der Waals surface area contributed by atoms with E-state index in [2.05, 4.69) is 20.3 Å². The number of ether oxygens (including phenoxy) is 1. The zero-order valence-corrected chi connectivity index (χ0v) is 13.9. The molecule has 2 heterocycles. The van der Waals surface area contributed by atoms with E-state index in [0.717, 1.165) is 29.9 Å². The van der Waals surface area contributed by atoms with E-state index in [0.29, 0.717) is 28.6 Å². The average Bonchev–Trinajstić information content (AvgIpc) is 3.26. The van der Waals surface area contributed by atoms with E-state index in [1.807, 2.05) is 14.0 Å². The maximum absolute atomic E-state index is 12.8. The number of H-pyrrole nitrogens is 1. The summed E-state index contributed by atoms with van der Waals surface area (Å²) in [4.78, 5) is 25.0. The number of aryl methyl sites for hydroxylation is 2. The minimum absolute atomic E-state index is 0.205. The summed E-state index contributed by atoms with van der Waals surface area (Å²) >= 11 is 0. The van der Waals surface area contributed by atoms with Crippen molar-refractivity contribution in [2.24, 2.45) is 7.05 Å². The maximum Gasteiger partial charge on any atom is 0.259 e. The highest BCUT2D eigenvalue weighted by molar-refractivity contribution is 6.12. The van der Waals surface area contributed by atoms with Gasteiger partial charge in [-0.2, -0.15) is 0 Å². The van der Waals surface area contributed by atoms with Crippen LogP contribution in [-0.2, 0) is 7.05 Å². The molecule has 0 bridgehead atoms. The number of hydrogen-bond acceptors (Lipinski definition) is 4. The number of methoxy groups -OCH3 is 1. The third-order valence-corrected chi connectivity index (χ3v) is 4.41. The van der Waals surface area contributed by atoms with E-state index >= 15 is 0 Å². The smallest absolute Gasteiger partial charge is 0.259 e. The molecule has 0 radical (unpaired) electrons. The fraction of sp³-hybridized carbons (Fsp3) is 0.353. The fourth-order valence-electron chi connectivity index (χ4n) is 2.89. The largest absolute Gasteiger partial charge is 0.494 e. The third-order valence-electron chi connectivity index (χ3n) is 4.41. The number of carbonyl (C=O) groups excluding carboxylic acids is 1. The fourth-order valence-corrected chi connectivity index (χ4v) is 2.89. The molecule has 0 atom stereocenters. The van der Waals surface area contributed by atoms with Crippen LogP contribution in [0.25, 0.3) is 11.0 Å². The molecule has 1 saturated carbocycles. The topological polar surface area (TPSA) is 84.8 Å². The van der Waals surface area contributed by atoms with Gasteiger partial charge in [0.2, 0.25) is 0 Å². The Bertz CT molecular complexity index is 917. The highest BCUT2D eigenvalue weighted by Gasteiger charge is 2.28. The minimum Gasteiger partial charge on any atom is -0.494 e. The normalized spacial score (nSPS) is 14.1. The van der Waals surface area contributed by atoms with Crippen molar-refractivity contribution in [1.29, 1.82) is 0 Å². The molecule has 2 aromatic heterocycles. The maximum atomic E-state index is 12.8. The summed E-state index contributed by atoms with van der Waals surface area (Å²) in [6.45, 7) is 1.86. The number of amides is 1. The first-order chi connectivity index (χ1) is 11.6. The van der Waals surface area contributed by atoms with Crippen molar-refractivity contribution in [2.75, 3.05) is 12.4 Å². The van der Waals surface area contributed by atoms with E-state index in [4.69, 9.17) is 4.74 Å². The van der Waals surface area contributed by atoms with Crippen molar-refractivity contribution in [1.82, 2.24) is 19.5 Å². The van der Waals surface area contributed by atoms with Crippen LogP contribution in [0.2, 0.25) is 0 Å². The van der Waals surface area contributed by atoms with Crippen LogP contribution in [0.15, 0.2) is 18.5 Å². The predicted molar refractivity (Wildman–Crippen MR) is 90.5 cm³/mol. The lowest BCUT2D eigenvalue weighted by atomic mass is 10.1. The first-order valence-corrected chi connectivity index (χ1v) is 7.94. The van der Waals surface area contributed by atoms with Gasteiger partial charge in [-0.05, 0) is 31.9 Å².